The van der Waals surface area contributed by atoms with Gasteiger partial charge in [-0.15, -0.1) is 0 Å². The van der Waals surface area contributed by atoms with Crippen molar-refractivity contribution in [2.75, 3.05) is 23.7 Å². The molecule has 2 aromatic carbocycles. The van der Waals surface area contributed by atoms with Crippen molar-refractivity contribution in [3.05, 3.63) is 64.9 Å². The maximum atomic E-state index is 13.0. The third-order valence-corrected chi connectivity index (χ3v) is 5.82. The summed E-state index contributed by atoms with van der Waals surface area (Å²) in [6, 6.07) is 15.9. The second kappa shape index (κ2) is 18.2. The monoisotopic (exact) mass is 600 g/mol. The van der Waals surface area contributed by atoms with Gasteiger partial charge in [-0.1, -0.05) is 79.7 Å². The van der Waals surface area contributed by atoms with Crippen molar-refractivity contribution < 1.29 is 14.6 Å². The first kappa shape index (κ1) is 33.9. The van der Waals surface area contributed by atoms with Gasteiger partial charge < -0.3 is 20.5 Å². The van der Waals surface area contributed by atoms with Gasteiger partial charge in [0.15, 0.2) is 0 Å². The molecule has 0 saturated carbocycles. The van der Waals surface area contributed by atoms with Crippen molar-refractivity contribution in [1.29, 1.82) is 0 Å². The van der Waals surface area contributed by atoms with Crippen LogP contribution in [0.5, 0.6) is 11.5 Å². The standard InChI is InChI=1S/C25H27BrN4O3.3C2H6/c1-3-12-30(13-4-2)25-29-20-14-17(16-8-5-6-10-21(16)31)19(15-22(20)33-25)28-24(32)18-9-7-11-23(26)27-18;3*1-2/h5-11,14-15,25,29,31H,3-4,12-13H2,1-2H3,(H,28,32);3*1-2H3. The number of phenols is 1. The zero-order chi connectivity index (χ0) is 29.4. The molecule has 1 aromatic heterocycles. The Morgan fingerprint density at radius 2 is 1.62 bits per heavy atom. The molecule has 1 amide bonds. The number of carbonyl (C=O) groups excluding carboxylic acids is 1. The van der Waals surface area contributed by atoms with Gasteiger partial charge >= 0.3 is 0 Å². The van der Waals surface area contributed by atoms with Crippen LogP contribution >= 0.6 is 15.9 Å². The molecule has 0 saturated heterocycles. The van der Waals surface area contributed by atoms with E-state index < -0.39 is 0 Å². The molecule has 3 N–H and O–H groups in total. The minimum Gasteiger partial charge on any atom is -0.507 e. The van der Waals surface area contributed by atoms with Gasteiger partial charge in [0, 0.05) is 30.3 Å². The molecule has 1 unspecified atom stereocenters. The van der Waals surface area contributed by atoms with Gasteiger partial charge in [0.1, 0.15) is 21.8 Å². The average molecular weight is 602 g/mol. The van der Waals surface area contributed by atoms with Crippen LogP contribution < -0.4 is 15.4 Å². The predicted molar refractivity (Wildman–Crippen MR) is 168 cm³/mol. The van der Waals surface area contributed by atoms with E-state index in [-0.39, 0.29) is 23.7 Å². The summed E-state index contributed by atoms with van der Waals surface area (Å²) >= 11 is 3.31. The molecule has 0 bridgehead atoms. The molecular weight excluding hydrogens is 556 g/mol. The molecule has 1 aliphatic heterocycles. The Hall–Kier alpha value is -3.10. The molecule has 0 radical (unpaired) electrons. The zero-order valence-corrected chi connectivity index (χ0v) is 26.2. The number of hydrogen-bond acceptors (Lipinski definition) is 6. The van der Waals surface area contributed by atoms with Gasteiger partial charge in [0.2, 0.25) is 6.35 Å². The van der Waals surface area contributed by atoms with E-state index >= 15 is 0 Å². The van der Waals surface area contributed by atoms with Crippen molar-refractivity contribution in [2.45, 2.75) is 74.6 Å². The molecule has 8 heteroatoms. The second-order valence-electron chi connectivity index (χ2n) is 7.86. The van der Waals surface area contributed by atoms with Gasteiger partial charge in [0.05, 0.1) is 11.4 Å². The molecule has 2 heterocycles. The van der Waals surface area contributed by atoms with Crippen molar-refractivity contribution in [2.24, 2.45) is 0 Å². The Labute approximate surface area is 243 Å². The Balaban J connectivity index is 0.00000119. The summed E-state index contributed by atoms with van der Waals surface area (Å²) < 4.78 is 6.80. The van der Waals surface area contributed by atoms with Crippen LogP contribution in [-0.4, -0.2) is 40.3 Å². The summed E-state index contributed by atoms with van der Waals surface area (Å²) in [6.45, 7) is 18.1. The molecule has 39 heavy (non-hydrogen) atoms. The van der Waals surface area contributed by atoms with Crippen LogP contribution in [0.1, 0.15) is 78.7 Å². The maximum Gasteiger partial charge on any atom is 0.274 e. The molecule has 4 rings (SSSR count). The fraction of sp³-hybridized carbons (Fsp3) is 0.419. The van der Waals surface area contributed by atoms with E-state index in [1.54, 1.807) is 36.4 Å². The van der Waals surface area contributed by atoms with Gasteiger partial charge in [-0.05, 0) is 53.0 Å². The van der Waals surface area contributed by atoms with E-state index in [0.29, 0.717) is 27.2 Å². The third-order valence-electron chi connectivity index (χ3n) is 5.38. The van der Waals surface area contributed by atoms with Gasteiger partial charge in [-0.3, -0.25) is 9.69 Å². The number of nitrogens with zero attached hydrogens (tertiary/aromatic N) is 2. The topological polar surface area (TPSA) is 86.7 Å². The van der Waals surface area contributed by atoms with Crippen LogP contribution in [0.15, 0.2) is 59.2 Å². The van der Waals surface area contributed by atoms with Crippen molar-refractivity contribution in [1.82, 2.24) is 9.88 Å². The minimum absolute atomic E-state index is 0.127. The lowest BCUT2D eigenvalue weighted by atomic mass is 10.0. The lowest BCUT2D eigenvalue weighted by Gasteiger charge is -2.27. The molecule has 0 fully saturated rings. The van der Waals surface area contributed by atoms with Crippen LogP contribution in [0.3, 0.4) is 0 Å². The second-order valence-corrected chi connectivity index (χ2v) is 8.67. The Morgan fingerprint density at radius 3 is 2.21 bits per heavy atom. The van der Waals surface area contributed by atoms with Gasteiger partial charge in [0.25, 0.3) is 5.91 Å². The summed E-state index contributed by atoms with van der Waals surface area (Å²) in [5.74, 6) is 0.422. The highest BCUT2D eigenvalue weighted by molar-refractivity contribution is 9.10. The summed E-state index contributed by atoms with van der Waals surface area (Å²) in [5.41, 5.74) is 2.92. The first-order valence-corrected chi connectivity index (χ1v) is 14.9. The molecular formula is C31H45BrN4O3. The maximum absolute atomic E-state index is 13.0. The minimum atomic E-state index is -0.353. The fourth-order valence-electron chi connectivity index (χ4n) is 3.91. The van der Waals surface area contributed by atoms with E-state index in [1.807, 2.05) is 59.7 Å². The summed E-state index contributed by atoms with van der Waals surface area (Å²) in [7, 11) is 0. The summed E-state index contributed by atoms with van der Waals surface area (Å²) in [6.07, 6.45) is 1.75. The van der Waals surface area contributed by atoms with Gasteiger partial charge in [-0.2, -0.15) is 0 Å². The number of ether oxygens (including phenoxy) is 1. The Bertz CT molecular complexity index is 1150. The zero-order valence-electron chi connectivity index (χ0n) is 24.6. The lowest BCUT2D eigenvalue weighted by molar-refractivity contribution is 0.0597. The number of pyridine rings is 1. The van der Waals surface area contributed by atoms with Crippen molar-refractivity contribution >= 4 is 33.2 Å². The Morgan fingerprint density at radius 1 is 0.974 bits per heavy atom. The summed E-state index contributed by atoms with van der Waals surface area (Å²) in [5, 5.41) is 16.9. The molecule has 1 aliphatic rings. The van der Waals surface area contributed by atoms with E-state index in [0.717, 1.165) is 31.6 Å². The first-order valence-electron chi connectivity index (χ1n) is 14.1. The van der Waals surface area contributed by atoms with Crippen LogP contribution in [0.25, 0.3) is 11.1 Å². The number of anilines is 2. The number of benzene rings is 2. The molecule has 214 valence electrons. The number of hydrogen-bond donors (Lipinski definition) is 3. The molecule has 3 aromatic rings. The predicted octanol–water partition coefficient (Wildman–Crippen LogP) is 8.76. The first-order chi connectivity index (χ1) is 19.0. The summed E-state index contributed by atoms with van der Waals surface area (Å²) in [4.78, 5) is 19.5. The van der Waals surface area contributed by atoms with Crippen molar-refractivity contribution in [3.8, 4) is 22.6 Å². The lowest BCUT2D eigenvalue weighted by Crippen LogP contribution is -2.43. The smallest absolute Gasteiger partial charge is 0.274 e. The highest BCUT2D eigenvalue weighted by atomic mass is 79.9. The van der Waals surface area contributed by atoms with E-state index in [9.17, 15) is 9.90 Å². The van der Waals surface area contributed by atoms with E-state index in [2.05, 4.69) is 50.3 Å². The number of para-hydroxylation sites is 1. The van der Waals surface area contributed by atoms with Gasteiger partial charge in [-0.25, -0.2) is 4.98 Å². The molecule has 7 nitrogen and oxygen atoms in total. The number of phenolic OH excluding ortho intramolecular Hbond substituents is 1. The molecule has 1 atom stereocenters. The number of halogens is 1. The van der Waals surface area contributed by atoms with E-state index in [4.69, 9.17) is 4.74 Å². The number of carbonyl (C=O) groups is 1. The van der Waals surface area contributed by atoms with Crippen molar-refractivity contribution in [3.63, 3.8) is 0 Å². The van der Waals surface area contributed by atoms with E-state index in [1.165, 1.54) is 0 Å². The van der Waals surface area contributed by atoms with Crippen LogP contribution in [0.4, 0.5) is 11.4 Å². The number of aromatic hydroxyl groups is 1. The SMILES string of the molecule is CC.CC.CC.CCCN(CCC)C1Nc2cc(-c3ccccc3O)c(NC(=O)c3cccc(Br)n3)cc2O1. The number of aromatic nitrogens is 1. The largest absolute Gasteiger partial charge is 0.507 e. The molecule has 0 aliphatic carbocycles. The third kappa shape index (κ3) is 9.25. The highest BCUT2D eigenvalue weighted by Crippen LogP contribution is 2.43. The van der Waals surface area contributed by atoms with Crippen LogP contribution in [-0.2, 0) is 0 Å². The quantitative estimate of drug-likeness (QED) is 0.224. The molecule has 0 spiro atoms. The highest BCUT2D eigenvalue weighted by Gasteiger charge is 2.29. The van der Waals surface area contributed by atoms with Crippen LogP contribution in [0.2, 0.25) is 0 Å². The fourth-order valence-corrected chi connectivity index (χ4v) is 4.25. The normalized spacial score (nSPS) is 12.7. The number of rotatable bonds is 8. The number of nitrogens with one attached hydrogen (secondary N) is 2. The number of amides is 1. The Kier molecular flexibility index (Phi) is 15.9. The average Bonchev–Trinajstić information content (AvgIpc) is 3.39. The number of fused-ring (bicyclic) bond motifs is 1. The van der Waals surface area contributed by atoms with Crippen LogP contribution in [0, 0.1) is 0 Å².